The quantitative estimate of drug-likeness (QED) is 0.627. The minimum atomic E-state index is -0.260. The summed E-state index contributed by atoms with van der Waals surface area (Å²) in [6.07, 6.45) is 3.09. The third-order valence-corrected chi connectivity index (χ3v) is 4.01. The molecule has 0 aliphatic heterocycles. The summed E-state index contributed by atoms with van der Waals surface area (Å²) in [6, 6.07) is 14.3. The predicted octanol–water partition coefficient (Wildman–Crippen LogP) is 3.77. The second kappa shape index (κ2) is 6.44. The summed E-state index contributed by atoms with van der Waals surface area (Å²) in [7, 11) is 0. The highest BCUT2D eigenvalue weighted by Crippen LogP contribution is 2.37. The fraction of sp³-hybridized carbons (Fsp3) is 0.278. The molecule has 0 heterocycles. The van der Waals surface area contributed by atoms with Gasteiger partial charge < -0.3 is 15.0 Å². The fourth-order valence-electron chi connectivity index (χ4n) is 2.65. The number of phenolic OH excluding ortho intramolecular Hbond substituents is 2. The molecule has 0 saturated heterocycles. The van der Waals surface area contributed by atoms with Crippen LogP contribution in [0.25, 0.3) is 0 Å². The van der Waals surface area contributed by atoms with Gasteiger partial charge in [-0.2, -0.15) is 0 Å². The van der Waals surface area contributed by atoms with Crippen molar-refractivity contribution in [3.05, 3.63) is 59.7 Å². The van der Waals surface area contributed by atoms with E-state index in [2.05, 4.69) is 6.92 Å². The number of carbonyl (C=O) groups excluding carboxylic acids is 1. The lowest BCUT2D eigenvalue weighted by Gasteiger charge is -2.31. The first-order valence-electron chi connectivity index (χ1n) is 7.09. The Balaban J connectivity index is 2.39. The molecule has 0 unspecified atom stereocenters. The van der Waals surface area contributed by atoms with Crippen LogP contribution < -0.4 is 0 Å². The van der Waals surface area contributed by atoms with Gasteiger partial charge in [0, 0.05) is 11.8 Å². The molecular weight excluding hydrogens is 264 g/mol. The van der Waals surface area contributed by atoms with E-state index in [0.29, 0.717) is 6.42 Å². The average molecular weight is 284 g/mol. The van der Waals surface area contributed by atoms with Crippen LogP contribution in [0.5, 0.6) is 11.5 Å². The van der Waals surface area contributed by atoms with Gasteiger partial charge in [0.2, 0.25) is 0 Å². The molecule has 0 aliphatic rings. The summed E-state index contributed by atoms with van der Waals surface area (Å²) in [6.45, 7) is 2.12. The molecule has 0 aliphatic carbocycles. The van der Waals surface area contributed by atoms with Crippen molar-refractivity contribution in [1.29, 1.82) is 0 Å². The molecule has 0 bridgehead atoms. The molecule has 3 heteroatoms. The maximum absolute atomic E-state index is 10.6. The third kappa shape index (κ3) is 3.43. The Bertz CT molecular complexity index is 539. The molecule has 0 amide bonds. The van der Waals surface area contributed by atoms with Crippen molar-refractivity contribution in [3.8, 4) is 11.5 Å². The molecule has 0 aromatic heterocycles. The van der Waals surface area contributed by atoms with Crippen molar-refractivity contribution in [3.63, 3.8) is 0 Å². The number of phenols is 2. The molecule has 2 aromatic rings. The first-order valence-corrected chi connectivity index (χ1v) is 7.09. The zero-order valence-electron chi connectivity index (χ0n) is 12.1. The van der Waals surface area contributed by atoms with E-state index in [9.17, 15) is 15.0 Å². The highest BCUT2D eigenvalue weighted by Gasteiger charge is 2.28. The Hall–Kier alpha value is -2.29. The predicted molar refractivity (Wildman–Crippen MR) is 82.6 cm³/mol. The van der Waals surface area contributed by atoms with Gasteiger partial charge in [0.1, 0.15) is 17.8 Å². The van der Waals surface area contributed by atoms with Gasteiger partial charge >= 0.3 is 0 Å². The smallest absolute Gasteiger partial charge is 0.119 e. The second-order valence-corrected chi connectivity index (χ2v) is 5.48. The van der Waals surface area contributed by atoms with Crippen LogP contribution in [-0.2, 0) is 10.2 Å². The average Bonchev–Trinajstić information content (AvgIpc) is 2.48. The van der Waals surface area contributed by atoms with Crippen molar-refractivity contribution in [1.82, 2.24) is 0 Å². The van der Waals surface area contributed by atoms with E-state index >= 15 is 0 Å². The van der Waals surface area contributed by atoms with Gasteiger partial charge in [-0.1, -0.05) is 31.2 Å². The van der Waals surface area contributed by atoms with Gasteiger partial charge in [-0.25, -0.2) is 0 Å². The maximum Gasteiger partial charge on any atom is 0.119 e. The van der Waals surface area contributed by atoms with Gasteiger partial charge in [-0.15, -0.1) is 0 Å². The van der Waals surface area contributed by atoms with Crippen LogP contribution in [0.15, 0.2) is 48.5 Å². The van der Waals surface area contributed by atoms with Crippen molar-refractivity contribution in [2.24, 2.45) is 0 Å². The SMILES string of the molecule is CC(CCCC=O)(c1ccc(O)cc1)c1ccc(O)cc1. The highest BCUT2D eigenvalue weighted by molar-refractivity contribution is 5.49. The lowest BCUT2D eigenvalue weighted by Crippen LogP contribution is -2.23. The Morgan fingerprint density at radius 3 is 1.71 bits per heavy atom. The van der Waals surface area contributed by atoms with E-state index < -0.39 is 0 Å². The molecule has 2 N–H and O–H groups in total. The van der Waals surface area contributed by atoms with Gasteiger partial charge in [-0.05, 0) is 48.2 Å². The molecule has 0 saturated carbocycles. The summed E-state index contributed by atoms with van der Waals surface area (Å²) in [5.41, 5.74) is 1.90. The third-order valence-electron chi connectivity index (χ3n) is 4.01. The molecule has 2 rings (SSSR count). The molecule has 0 radical (unpaired) electrons. The van der Waals surface area contributed by atoms with Gasteiger partial charge in [0.25, 0.3) is 0 Å². The number of aromatic hydroxyl groups is 2. The van der Waals surface area contributed by atoms with E-state index in [1.54, 1.807) is 24.3 Å². The Kier molecular flexibility index (Phi) is 4.63. The normalized spacial score (nSPS) is 11.3. The zero-order chi connectivity index (χ0) is 15.3. The minimum absolute atomic E-state index is 0.236. The minimum Gasteiger partial charge on any atom is -0.508 e. The van der Waals surface area contributed by atoms with Crippen molar-refractivity contribution < 1.29 is 15.0 Å². The fourth-order valence-corrected chi connectivity index (χ4v) is 2.65. The molecule has 3 nitrogen and oxygen atoms in total. The number of rotatable bonds is 6. The number of benzene rings is 2. The molecular formula is C18H20O3. The lowest BCUT2D eigenvalue weighted by molar-refractivity contribution is -0.107. The Morgan fingerprint density at radius 1 is 0.905 bits per heavy atom. The Labute approximate surface area is 124 Å². The number of carbonyl (C=O) groups is 1. The summed E-state index contributed by atoms with van der Waals surface area (Å²) < 4.78 is 0. The summed E-state index contributed by atoms with van der Waals surface area (Å²) >= 11 is 0. The summed E-state index contributed by atoms with van der Waals surface area (Å²) in [5.74, 6) is 0.472. The van der Waals surface area contributed by atoms with Crippen LogP contribution in [0.3, 0.4) is 0 Å². The molecule has 0 atom stereocenters. The number of unbranched alkanes of at least 4 members (excludes halogenated alkanes) is 1. The number of hydrogen-bond acceptors (Lipinski definition) is 3. The zero-order valence-corrected chi connectivity index (χ0v) is 12.1. The van der Waals surface area contributed by atoms with Gasteiger partial charge in [0.15, 0.2) is 0 Å². The second-order valence-electron chi connectivity index (χ2n) is 5.48. The van der Waals surface area contributed by atoms with Crippen LogP contribution in [0.1, 0.15) is 37.3 Å². The Morgan fingerprint density at radius 2 is 1.33 bits per heavy atom. The van der Waals surface area contributed by atoms with Gasteiger partial charge in [-0.3, -0.25) is 0 Å². The summed E-state index contributed by atoms with van der Waals surface area (Å²) in [4.78, 5) is 10.6. The van der Waals surface area contributed by atoms with E-state index in [4.69, 9.17) is 0 Å². The number of hydrogen-bond donors (Lipinski definition) is 2. The standard InChI is InChI=1S/C18H20O3/c1-18(12-2-3-13-19,14-4-8-16(20)9-5-14)15-6-10-17(21)11-7-15/h4-11,13,20-21H,2-3,12H2,1H3. The lowest BCUT2D eigenvalue weighted by atomic mass is 9.73. The van der Waals surface area contributed by atoms with Crippen molar-refractivity contribution >= 4 is 6.29 Å². The molecule has 0 spiro atoms. The van der Waals surface area contributed by atoms with Crippen LogP contribution in [-0.4, -0.2) is 16.5 Å². The van der Waals surface area contributed by atoms with Crippen LogP contribution in [0, 0.1) is 0 Å². The molecule has 0 fully saturated rings. The van der Waals surface area contributed by atoms with Crippen LogP contribution in [0.4, 0.5) is 0 Å². The first kappa shape index (κ1) is 15.1. The highest BCUT2D eigenvalue weighted by atomic mass is 16.3. The van der Waals surface area contributed by atoms with E-state index in [0.717, 1.165) is 30.3 Å². The van der Waals surface area contributed by atoms with E-state index in [1.807, 2.05) is 24.3 Å². The van der Waals surface area contributed by atoms with Crippen molar-refractivity contribution in [2.45, 2.75) is 31.6 Å². The summed E-state index contributed by atoms with van der Waals surface area (Å²) in [5, 5.41) is 18.9. The molecule has 110 valence electrons. The van der Waals surface area contributed by atoms with E-state index in [1.165, 1.54) is 0 Å². The van der Waals surface area contributed by atoms with Crippen LogP contribution in [0.2, 0.25) is 0 Å². The van der Waals surface area contributed by atoms with Gasteiger partial charge in [0.05, 0.1) is 0 Å². The molecule has 2 aromatic carbocycles. The largest absolute Gasteiger partial charge is 0.508 e. The maximum atomic E-state index is 10.6. The molecule has 21 heavy (non-hydrogen) atoms. The monoisotopic (exact) mass is 284 g/mol. The number of aldehydes is 1. The van der Waals surface area contributed by atoms with Crippen molar-refractivity contribution in [2.75, 3.05) is 0 Å². The first-order chi connectivity index (χ1) is 10.1. The topological polar surface area (TPSA) is 57.5 Å². The van der Waals surface area contributed by atoms with E-state index in [-0.39, 0.29) is 16.9 Å². The van der Waals surface area contributed by atoms with Crippen LogP contribution >= 0.6 is 0 Å².